The van der Waals surface area contributed by atoms with Crippen LogP contribution in [0.2, 0.25) is 0 Å². The molecule has 26 heteroatoms. The van der Waals surface area contributed by atoms with E-state index in [1.807, 2.05) is 0 Å². The minimum absolute atomic E-state index is 0.00423. The molecule has 0 aliphatic heterocycles. The molecule has 0 spiro atoms. The quantitative estimate of drug-likeness (QED) is 0.0406. The first-order valence-electron chi connectivity index (χ1n) is 14.1. The first-order chi connectivity index (χ1) is 25.4. The molecule has 3 aromatic heterocycles. The van der Waals surface area contributed by atoms with Gasteiger partial charge in [0.2, 0.25) is 17.7 Å². The topological polar surface area (TPSA) is 319 Å². The average molecular weight is 844 g/mol. The van der Waals surface area contributed by atoms with E-state index >= 15 is 0 Å². The highest BCUT2D eigenvalue weighted by Crippen LogP contribution is 2.40. The third-order valence-electron chi connectivity index (χ3n) is 7.37. The molecule has 0 amide bonds. The van der Waals surface area contributed by atoms with E-state index in [0.717, 1.165) is 24.3 Å². The van der Waals surface area contributed by atoms with Crippen LogP contribution >= 0.6 is 24.1 Å². The predicted molar refractivity (Wildman–Crippen MR) is 181 cm³/mol. The summed E-state index contributed by atoms with van der Waals surface area (Å²) in [6, 6.07) is 10.7. The monoisotopic (exact) mass is 843 g/mol. The summed E-state index contributed by atoms with van der Waals surface area (Å²) in [5.41, 5.74) is 0.0767. The summed E-state index contributed by atoms with van der Waals surface area (Å²) in [5, 5.41) is 24.4. The van der Waals surface area contributed by atoms with Gasteiger partial charge >= 0.3 is 0 Å². The minimum atomic E-state index is -4.93. The SMILES string of the molecule is Cc1cc(S(=O)(=O)O)cc2nc(-c3cc(-c4nc5cc(S(=O)(=O)O)cc(SOOO)c5o4)cc(-c4nc5cc(SOOO)cc(S(=O)(=O)O)c5o4)c3)oc12. The van der Waals surface area contributed by atoms with Crippen LogP contribution in [0, 0.1) is 6.92 Å². The number of oxazole rings is 3. The Morgan fingerprint density at radius 1 is 0.556 bits per heavy atom. The second kappa shape index (κ2) is 14.0. The fourth-order valence-corrected chi connectivity index (χ4v) is 8.05. The van der Waals surface area contributed by atoms with Gasteiger partial charge in [0.25, 0.3) is 30.4 Å². The van der Waals surface area contributed by atoms with Crippen LogP contribution in [-0.2, 0) is 49.1 Å². The lowest BCUT2D eigenvalue weighted by atomic mass is 10.1. The summed E-state index contributed by atoms with van der Waals surface area (Å²) in [4.78, 5) is 11.2. The molecule has 3 heterocycles. The van der Waals surface area contributed by atoms with Gasteiger partial charge in [0.1, 0.15) is 21.4 Å². The van der Waals surface area contributed by atoms with Crippen molar-refractivity contribution in [1.29, 1.82) is 0 Å². The average Bonchev–Trinajstić information content (AvgIpc) is 3.85. The molecule has 21 nitrogen and oxygen atoms in total. The zero-order valence-corrected chi connectivity index (χ0v) is 30.2. The lowest BCUT2D eigenvalue weighted by molar-refractivity contribution is -0.432. The lowest BCUT2D eigenvalue weighted by Crippen LogP contribution is -1.99. The predicted octanol–water partition coefficient (Wildman–Crippen LogP) is 6.02. The van der Waals surface area contributed by atoms with Crippen LogP contribution in [0.4, 0.5) is 0 Å². The molecule has 7 rings (SSSR count). The van der Waals surface area contributed by atoms with Gasteiger partial charge in [0, 0.05) is 21.6 Å². The van der Waals surface area contributed by atoms with Crippen molar-refractivity contribution in [3.63, 3.8) is 0 Å². The van der Waals surface area contributed by atoms with Crippen LogP contribution < -0.4 is 0 Å². The Labute approximate surface area is 308 Å². The summed E-state index contributed by atoms with van der Waals surface area (Å²) >= 11 is 0.689. The van der Waals surface area contributed by atoms with Gasteiger partial charge in [0.15, 0.2) is 16.7 Å². The highest BCUT2D eigenvalue weighted by molar-refractivity contribution is 7.95. The zero-order valence-electron chi connectivity index (χ0n) is 26.1. The summed E-state index contributed by atoms with van der Waals surface area (Å²) in [6.07, 6.45) is 0. The summed E-state index contributed by atoms with van der Waals surface area (Å²) in [6.45, 7) is 1.52. The van der Waals surface area contributed by atoms with E-state index in [1.54, 1.807) is 0 Å². The Bertz CT molecular complexity index is 2980. The van der Waals surface area contributed by atoms with Crippen molar-refractivity contribution in [3.8, 4) is 34.4 Å². The molecule has 4 aromatic carbocycles. The van der Waals surface area contributed by atoms with Crippen LogP contribution in [0.15, 0.2) is 92.3 Å². The Kier molecular flexibility index (Phi) is 9.77. The number of nitrogens with zero attached hydrogens (tertiary/aromatic N) is 3. The zero-order chi connectivity index (χ0) is 38.7. The van der Waals surface area contributed by atoms with Gasteiger partial charge in [0.05, 0.1) is 38.8 Å². The maximum absolute atomic E-state index is 12.3. The third kappa shape index (κ3) is 7.43. The molecule has 5 N–H and O–H groups in total. The van der Waals surface area contributed by atoms with Crippen molar-refractivity contribution in [2.24, 2.45) is 0 Å². The maximum Gasteiger partial charge on any atom is 0.298 e. The van der Waals surface area contributed by atoms with Gasteiger partial charge in [-0.05, 0) is 67.1 Å². The van der Waals surface area contributed by atoms with Crippen molar-refractivity contribution >= 4 is 87.7 Å². The molecule has 7 aromatic rings. The molecule has 0 radical (unpaired) electrons. The van der Waals surface area contributed by atoms with Crippen molar-refractivity contribution < 1.29 is 81.4 Å². The van der Waals surface area contributed by atoms with Gasteiger partial charge in [-0.1, -0.05) is 10.1 Å². The van der Waals surface area contributed by atoms with E-state index in [-0.39, 0.29) is 71.9 Å². The highest BCUT2D eigenvalue weighted by atomic mass is 32.2. The fraction of sp³-hybridized carbons (Fsp3) is 0.0357. The molecule has 0 aliphatic carbocycles. The van der Waals surface area contributed by atoms with E-state index in [0.29, 0.717) is 29.6 Å². The van der Waals surface area contributed by atoms with Gasteiger partial charge in [-0.15, -0.1) is 8.67 Å². The Morgan fingerprint density at radius 3 is 1.54 bits per heavy atom. The number of fused-ring (bicyclic) bond motifs is 3. The summed E-state index contributed by atoms with van der Waals surface area (Å²) < 4.78 is 128. The third-order valence-corrected chi connectivity index (χ3v) is 11.1. The molecule has 0 unspecified atom stereocenters. The van der Waals surface area contributed by atoms with E-state index in [1.165, 1.54) is 37.3 Å². The molecular formula is C28H17N3O18S5. The van der Waals surface area contributed by atoms with E-state index in [4.69, 9.17) is 23.8 Å². The van der Waals surface area contributed by atoms with Gasteiger partial charge < -0.3 is 13.3 Å². The summed E-state index contributed by atoms with van der Waals surface area (Å²) in [7, 11) is -14.3. The first-order valence-corrected chi connectivity index (χ1v) is 19.9. The van der Waals surface area contributed by atoms with Gasteiger partial charge in [-0.3, -0.25) is 13.7 Å². The summed E-state index contributed by atoms with van der Waals surface area (Å²) in [5.74, 6) is -0.578. The number of aryl methyl sites for hydroxylation is 1. The maximum atomic E-state index is 12.3. The van der Waals surface area contributed by atoms with Crippen molar-refractivity contribution in [2.75, 3.05) is 0 Å². The van der Waals surface area contributed by atoms with Crippen molar-refractivity contribution in [3.05, 3.63) is 60.2 Å². The normalized spacial score (nSPS) is 12.8. The Morgan fingerprint density at radius 2 is 1.02 bits per heavy atom. The number of aromatic nitrogens is 3. The van der Waals surface area contributed by atoms with E-state index < -0.39 is 50.6 Å². The van der Waals surface area contributed by atoms with Crippen molar-refractivity contribution in [1.82, 2.24) is 15.0 Å². The van der Waals surface area contributed by atoms with Crippen LogP contribution in [0.1, 0.15) is 5.56 Å². The van der Waals surface area contributed by atoms with E-state index in [2.05, 4.69) is 33.7 Å². The van der Waals surface area contributed by atoms with Crippen LogP contribution in [0.5, 0.6) is 0 Å². The van der Waals surface area contributed by atoms with Gasteiger partial charge in [-0.2, -0.15) is 25.3 Å². The largest absolute Gasteiger partial charge is 0.436 e. The molecule has 0 atom stereocenters. The number of hydrogen-bond donors (Lipinski definition) is 5. The molecule has 0 aliphatic rings. The highest BCUT2D eigenvalue weighted by Gasteiger charge is 2.25. The van der Waals surface area contributed by atoms with Crippen molar-refractivity contribution in [2.45, 2.75) is 31.4 Å². The molecule has 54 heavy (non-hydrogen) atoms. The Hall–Kier alpha value is -4.52. The molecule has 0 fully saturated rings. The van der Waals surface area contributed by atoms with Crippen LogP contribution in [-0.4, -0.2) is 64.4 Å². The molecule has 282 valence electrons. The molecule has 0 saturated carbocycles. The van der Waals surface area contributed by atoms with Gasteiger partial charge in [-0.25, -0.2) is 25.5 Å². The standard InChI is InChI=1S/C28H17N3O18S5/c1-11-2-16(52(34,35)36)8-19-23(11)43-26(30-19)12-3-13(27-31-20-9-17(53(37,38)39)10-21(24(20)44-27)51-49-47-33)5-14(4-12)28-29-18-6-15(50-48-46-32)7-22(25(18)45-28)54(40,41)42/h2-10,32-33H,1H3,(H,34,35,36)(H,37,38,39)(H,40,41,42). The lowest BCUT2D eigenvalue weighted by Gasteiger charge is -2.04. The second-order valence-electron chi connectivity index (χ2n) is 10.9. The fourth-order valence-electron chi connectivity index (χ4n) is 5.20. The number of rotatable bonds is 12. The van der Waals surface area contributed by atoms with E-state index in [9.17, 15) is 38.9 Å². The smallest absolute Gasteiger partial charge is 0.298 e. The van der Waals surface area contributed by atoms with Crippen LogP contribution in [0.25, 0.3) is 67.7 Å². The van der Waals surface area contributed by atoms with Crippen LogP contribution in [0.3, 0.4) is 0 Å². The molecule has 0 saturated heterocycles. The Balaban J connectivity index is 1.47. The molecule has 0 bridgehead atoms. The molecular weight excluding hydrogens is 827 g/mol. The minimum Gasteiger partial charge on any atom is -0.436 e. The first kappa shape index (κ1) is 37.8. The number of benzene rings is 4. The second-order valence-corrected chi connectivity index (χ2v) is 16.6. The number of hydrogen-bond acceptors (Lipinski definition) is 20.